The lowest BCUT2D eigenvalue weighted by molar-refractivity contribution is 0.898. The minimum Gasteiger partial charge on any atom is -0.295 e. The minimum atomic E-state index is 0.952. The summed E-state index contributed by atoms with van der Waals surface area (Å²) in [5, 5.41) is 0. The van der Waals surface area contributed by atoms with Gasteiger partial charge in [-0.2, -0.15) is 0 Å². The smallest absolute Gasteiger partial charge is 0.166 e. The van der Waals surface area contributed by atoms with Gasteiger partial charge in [0.2, 0.25) is 0 Å². The van der Waals surface area contributed by atoms with Crippen LogP contribution < -0.4 is 0 Å². The number of aryl methyl sites for hydroxylation is 4. The van der Waals surface area contributed by atoms with E-state index in [0.717, 1.165) is 16.8 Å². The molecule has 0 fully saturated rings. The molecule has 0 N–H and O–H groups in total. The van der Waals surface area contributed by atoms with E-state index in [1.54, 1.807) is 11.3 Å². The Hall–Kier alpha value is -1.71. The first kappa shape index (κ1) is 18.1. The molecule has 0 atom stereocenters. The number of hydrogen-bond donors (Lipinski definition) is 0. The largest absolute Gasteiger partial charge is 0.295 e. The lowest BCUT2D eigenvalue weighted by Gasteiger charge is -2.17. The highest BCUT2D eigenvalue weighted by atomic mass is 32.1. The number of hydrogen-bond acceptors (Lipinski definition) is 2. The Morgan fingerprint density at radius 1 is 0.960 bits per heavy atom. The van der Waals surface area contributed by atoms with Gasteiger partial charge < -0.3 is 0 Å². The van der Waals surface area contributed by atoms with Crippen molar-refractivity contribution in [2.24, 2.45) is 0 Å². The van der Waals surface area contributed by atoms with Gasteiger partial charge in [-0.1, -0.05) is 61.4 Å². The van der Waals surface area contributed by atoms with Crippen LogP contribution in [0, 0.1) is 24.7 Å². The first-order valence-electron chi connectivity index (χ1n) is 8.88. The third-order valence-corrected chi connectivity index (χ3v) is 6.20. The van der Waals surface area contributed by atoms with E-state index in [2.05, 4.69) is 75.6 Å². The van der Waals surface area contributed by atoms with Crippen LogP contribution in [0.3, 0.4) is 0 Å². The first-order chi connectivity index (χ1) is 12.0. The maximum absolute atomic E-state index is 5.78. The normalized spacial score (nSPS) is 11.1. The fourth-order valence-corrected chi connectivity index (χ4v) is 5.13. The summed E-state index contributed by atoms with van der Waals surface area (Å²) in [6, 6.07) is 13.3. The van der Waals surface area contributed by atoms with Crippen molar-refractivity contribution in [1.82, 2.24) is 4.57 Å². The zero-order valence-corrected chi connectivity index (χ0v) is 17.3. The summed E-state index contributed by atoms with van der Waals surface area (Å²) in [5.74, 6) is 0. The van der Waals surface area contributed by atoms with Crippen LogP contribution in [0.2, 0.25) is 0 Å². The summed E-state index contributed by atoms with van der Waals surface area (Å²) in [4.78, 5) is 1.40. The molecule has 2 aromatic carbocycles. The summed E-state index contributed by atoms with van der Waals surface area (Å²) in [6.45, 7) is 10.9. The second-order valence-corrected chi connectivity index (χ2v) is 8.36. The lowest BCUT2D eigenvalue weighted by atomic mass is 9.97. The topological polar surface area (TPSA) is 4.93 Å². The third kappa shape index (κ3) is 3.36. The third-order valence-electron chi connectivity index (χ3n) is 4.63. The van der Waals surface area contributed by atoms with Crippen molar-refractivity contribution in [3.05, 3.63) is 67.6 Å². The predicted octanol–water partition coefficient (Wildman–Crippen LogP) is 6.99. The number of benzene rings is 2. The molecule has 1 heterocycles. The molecule has 0 bridgehead atoms. The summed E-state index contributed by atoms with van der Waals surface area (Å²) >= 11 is 7.53. The standard InChI is InChI=1S/C22H25NS2/c1-6-19-20(7-2)25-22(24)23(19)21-16(5)9-8-10-18(21)17-12-14(3)11-15(4)13-17/h8-13H,6-7H2,1-5H3. The van der Waals surface area contributed by atoms with Crippen LogP contribution in [0.1, 0.15) is 41.1 Å². The Bertz CT molecular complexity index is 956. The molecule has 0 unspecified atom stereocenters. The summed E-state index contributed by atoms with van der Waals surface area (Å²) in [6.07, 6.45) is 2.03. The number of aromatic nitrogens is 1. The van der Waals surface area contributed by atoms with Crippen molar-refractivity contribution in [1.29, 1.82) is 0 Å². The van der Waals surface area contributed by atoms with Gasteiger partial charge in [0.05, 0.1) is 5.69 Å². The van der Waals surface area contributed by atoms with Crippen LogP contribution in [-0.4, -0.2) is 4.57 Å². The monoisotopic (exact) mass is 367 g/mol. The molecule has 0 amide bonds. The highest BCUT2D eigenvalue weighted by molar-refractivity contribution is 7.73. The molecule has 0 radical (unpaired) electrons. The molecule has 3 rings (SSSR count). The molecule has 0 saturated carbocycles. The van der Waals surface area contributed by atoms with E-state index in [0.29, 0.717) is 0 Å². The number of para-hydroxylation sites is 1. The van der Waals surface area contributed by atoms with Crippen molar-refractivity contribution in [2.75, 3.05) is 0 Å². The van der Waals surface area contributed by atoms with Gasteiger partial charge in [-0.3, -0.25) is 4.57 Å². The van der Waals surface area contributed by atoms with E-state index < -0.39 is 0 Å². The van der Waals surface area contributed by atoms with Gasteiger partial charge in [-0.05, 0) is 57.0 Å². The van der Waals surface area contributed by atoms with Gasteiger partial charge in [-0.15, -0.1) is 11.3 Å². The van der Waals surface area contributed by atoms with E-state index in [-0.39, 0.29) is 0 Å². The number of rotatable bonds is 4. The first-order valence-corrected chi connectivity index (χ1v) is 10.1. The second kappa shape index (κ2) is 7.27. The van der Waals surface area contributed by atoms with Gasteiger partial charge in [0.15, 0.2) is 3.95 Å². The van der Waals surface area contributed by atoms with E-state index in [4.69, 9.17) is 12.2 Å². The Balaban J connectivity index is 2.36. The van der Waals surface area contributed by atoms with E-state index in [1.807, 2.05) is 0 Å². The van der Waals surface area contributed by atoms with E-state index in [1.165, 1.54) is 44.1 Å². The molecular weight excluding hydrogens is 342 g/mol. The maximum Gasteiger partial charge on any atom is 0.166 e. The van der Waals surface area contributed by atoms with Crippen LogP contribution in [-0.2, 0) is 12.8 Å². The zero-order chi connectivity index (χ0) is 18.1. The van der Waals surface area contributed by atoms with E-state index >= 15 is 0 Å². The highest BCUT2D eigenvalue weighted by Gasteiger charge is 2.17. The van der Waals surface area contributed by atoms with Crippen LogP contribution in [0.15, 0.2) is 36.4 Å². The zero-order valence-electron chi connectivity index (χ0n) is 15.6. The van der Waals surface area contributed by atoms with Gasteiger partial charge in [-0.25, -0.2) is 0 Å². The molecule has 3 heteroatoms. The molecule has 1 nitrogen and oxygen atoms in total. The molecule has 0 spiro atoms. The van der Waals surface area contributed by atoms with Crippen molar-refractivity contribution in [3.63, 3.8) is 0 Å². The highest BCUT2D eigenvalue weighted by Crippen LogP contribution is 2.34. The molecule has 0 aliphatic heterocycles. The number of thiazole rings is 1. The Labute approximate surface area is 160 Å². The van der Waals surface area contributed by atoms with Crippen molar-refractivity contribution >= 4 is 23.6 Å². The molecular formula is C22H25NS2. The van der Waals surface area contributed by atoms with Crippen LogP contribution in [0.25, 0.3) is 16.8 Å². The average Bonchev–Trinajstić information content (AvgIpc) is 2.89. The molecule has 0 aliphatic rings. The van der Waals surface area contributed by atoms with Crippen LogP contribution >= 0.6 is 23.6 Å². The molecule has 1 aromatic heterocycles. The maximum atomic E-state index is 5.78. The summed E-state index contributed by atoms with van der Waals surface area (Å²) in [5.41, 5.74) is 8.98. The predicted molar refractivity (Wildman–Crippen MR) is 113 cm³/mol. The minimum absolute atomic E-state index is 0.952. The fourth-order valence-electron chi connectivity index (χ4n) is 3.62. The van der Waals surface area contributed by atoms with Gasteiger partial charge >= 0.3 is 0 Å². The Kier molecular flexibility index (Phi) is 5.26. The van der Waals surface area contributed by atoms with Crippen molar-refractivity contribution in [2.45, 2.75) is 47.5 Å². The molecule has 25 heavy (non-hydrogen) atoms. The van der Waals surface area contributed by atoms with Gasteiger partial charge in [0.25, 0.3) is 0 Å². The van der Waals surface area contributed by atoms with Gasteiger partial charge in [0.1, 0.15) is 0 Å². The second-order valence-electron chi connectivity index (χ2n) is 6.63. The average molecular weight is 368 g/mol. The van der Waals surface area contributed by atoms with Crippen LogP contribution in [0.5, 0.6) is 0 Å². The lowest BCUT2D eigenvalue weighted by Crippen LogP contribution is -2.05. The van der Waals surface area contributed by atoms with Crippen LogP contribution in [0.4, 0.5) is 0 Å². The quantitative estimate of drug-likeness (QED) is 0.450. The Morgan fingerprint density at radius 2 is 1.64 bits per heavy atom. The summed E-state index contributed by atoms with van der Waals surface area (Å²) < 4.78 is 3.27. The van der Waals surface area contributed by atoms with Crippen molar-refractivity contribution in [3.8, 4) is 16.8 Å². The fraction of sp³-hybridized carbons (Fsp3) is 0.318. The SMILES string of the molecule is CCc1sc(=S)n(-c2c(C)cccc2-c2cc(C)cc(C)c2)c1CC. The number of nitrogens with zero attached hydrogens (tertiary/aromatic N) is 1. The van der Waals surface area contributed by atoms with Gasteiger partial charge in [0, 0.05) is 16.1 Å². The molecule has 0 saturated heterocycles. The molecule has 130 valence electrons. The Morgan fingerprint density at radius 3 is 2.24 bits per heavy atom. The summed E-state index contributed by atoms with van der Waals surface area (Å²) in [7, 11) is 0. The molecule has 0 aliphatic carbocycles. The van der Waals surface area contributed by atoms with E-state index in [9.17, 15) is 0 Å². The van der Waals surface area contributed by atoms with Crippen molar-refractivity contribution < 1.29 is 0 Å². The molecule has 3 aromatic rings.